The van der Waals surface area contributed by atoms with Crippen LogP contribution in [0, 0.1) is 11.8 Å². The van der Waals surface area contributed by atoms with Crippen molar-refractivity contribution in [1.82, 2.24) is 15.0 Å². The van der Waals surface area contributed by atoms with E-state index in [1.54, 1.807) is 19.5 Å². The molecular weight excluding hydrogens is 250 g/mol. The van der Waals surface area contributed by atoms with Gasteiger partial charge in [-0.3, -0.25) is 0 Å². The van der Waals surface area contributed by atoms with E-state index in [-0.39, 0.29) is 0 Å². The maximum Gasteiger partial charge on any atom is 0.179 e. The Balaban J connectivity index is 1.94. The molecule has 0 unspecified atom stereocenters. The summed E-state index contributed by atoms with van der Waals surface area (Å²) in [6.45, 7) is 0. The number of fused-ring (bicyclic) bond motifs is 1. The molecule has 4 nitrogen and oxygen atoms in total. The van der Waals surface area contributed by atoms with Crippen LogP contribution in [0.4, 0.5) is 0 Å². The molecule has 4 heteroatoms. The van der Waals surface area contributed by atoms with Gasteiger partial charge in [-0.1, -0.05) is 12.0 Å². The Morgan fingerprint density at radius 2 is 2.00 bits per heavy atom. The predicted molar refractivity (Wildman–Crippen MR) is 76.3 cm³/mol. The predicted octanol–water partition coefficient (Wildman–Crippen LogP) is 2.43. The molecule has 0 aliphatic rings. The highest BCUT2D eigenvalue weighted by molar-refractivity contribution is 5.69. The Bertz CT molecular complexity index is 818. The van der Waals surface area contributed by atoms with Crippen LogP contribution >= 0.6 is 0 Å². The van der Waals surface area contributed by atoms with Crippen molar-refractivity contribution in [3.63, 3.8) is 0 Å². The fraction of sp³-hybridized carbons (Fsp3) is 0.0625. The number of pyridine rings is 1. The summed E-state index contributed by atoms with van der Waals surface area (Å²) in [4.78, 5) is 12.8. The molecule has 0 atom stereocenters. The Morgan fingerprint density at radius 1 is 1.05 bits per heavy atom. The fourth-order valence-electron chi connectivity index (χ4n) is 1.75. The first-order valence-corrected chi connectivity index (χ1v) is 6.09. The zero-order chi connectivity index (χ0) is 13.8. The summed E-state index contributed by atoms with van der Waals surface area (Å²) >= 11 is 0. The number of ether oxygens (including phenoxy) is 1. The molecule has 1 aromatic carbocycles. The van der Waals surface area contributed by atoms with Gasteiger partial charge < -0.3 is 4.74 Å². The van der Waals surface area contributed by atoms with Gasteiger partial charge in [-0.05, 0) is 36.3 Å². The number of nitrogens with zero attached hydrogens (tertiary/aromatic N) is 3. The second kappa shape index (κ2) is 5.37. The largest absolute Gasteiger partial charge is 0.497 e. The third-order valence-corrected chi connectivity index (χ3v) is 2.72. The minimum absolute atomic E-state index is 0.596. The van der Waals surface area contributed by atoms with Crippen LogP contribution in [0.25, 0.3) is 11.2 Å². The Morgan fingerprint density at radius 3 is 2.90 bits per heavy atom. The van der Waals surface area contributed by atoms with E-state index >= 15 is 0 Å². The zero-order valence-electron chi connectivity index (χ0n) is 10.9. The van der Waals surface area contributed by atoms with Crippen LogP contribution in [0.1, 0.15) is 11.3 Å². The lowest BCUT2D eigenvalue weighted by Gasteiger charge is -1.98. The van der Waals surface area contributed by atoms with Crippen LogP contribution in [0.2, 0.25) is 0 Å². The van der Waals surface area contributed by atoms with Gasteiger partial charge in [-0.2, -0.15) is 0 Å². The van der Waals surface area contributed by atoms with Gasteiger partial charge in [0.2, 0.25) is 0 Å². The van der Waals surface area contributed by atoms with Crippen LogP contribution < -0.4 is 4.74 Å². The van der Waals surface area contributed by atoms with E-state index in [4.69, 9.17) is 4.74 Å². The van der Waals surface area contributed by atoms with Crippen LogP contribution in [-0.2, 0) is 0 Å². The SMILES string of the molecule is COc1cccc(C#Cc2cnc3cccnc3n2)c1. The highest BCUT2D eigenvalue weighted by Gasteiger charge is 1.97. The molecule has 0 spiro atoms. The molecule has 0 radical (unpaired) electrons. The van der Waals surface area contributed by atoms with Crippen molar-refractivity contribution in [2.24, 2.45) is 0 Å². The van der Waals surface area contributed by atoms with E-state index in [0.29, 0.717) is 11.3 Å². The molecule has 0 saturated heterocycles. The van der Waals surface area contributed by atoms with Crippen molar-refractivity contribution >= 4 is 11.2 Å². The lowest BCUT2D eigenvalue weighted by molar-refractivity contribution is 0.414. The zero-order valence-corrected chi connectivity index (χ0v) is 10.9. The first-order chi connectivity index (χ1) is 9.85. The summed E-state index contributed by atoms with van der Waals surface area (Å²) in [7, 11) is 1.63. The fourth-order valence-corrected chi connectivity index (χ4v) is 1.75. The average Bonchev–Trinajstić information content (AvgIpc) is 2.53. The molecule has 0 N–H and O–H groups in total. The molecule has 96 valence electrons. The van der Waals surface area contributed by atoms with Crippen molar-refractivity contribution < 1.29 is 4.74 Å². The molecule has 0 aliphatic carbocycles. The molecule has 0 saturated carbocycles. The highest BCUT2D eigenvalue weighted by Crippen LogP contribution is 2.11. The lowest BCUT2D eigenvalue weighted by atomic mass is 10.2. The Kier molecular flexibility index (Phi) is 3.25. The second-order valence-electron chi connectivity index (χ2n) is 4.08. The molecular formula is C16H11N3O. The Hall–Kier alpha value is -2.93. The molecule has 2 heterocycles. The quantitative estimate of drug-likeness (QED) is 0.631. The smallest absolute Gasteiger partial charge is 0.179 e. The first-order valence-electron chi connectivity index (χ1n) is 6.09. The number of hydrogen-bond donors (Lipinski definition) is 0. The van der Waals surface area contributed by atoms with Crippen LogP contribution in [0.15, 0.2) is 48.8 Å². The number of hydrogen-bond acceptors (Lipinski definition) is 4. The van der Waals surface area contributed by atoms with E-state index < -0.39 is 0 Å². The maximum absolute atomic E-state index is 5.16. The summed E-state index contributed by atoms with van der Waals surface area (Å²) in [6, 6.07) is 11.3. The van der Waals surface area contributed by atoms with Crippen molar-refractivity contribution in [3.05, 3.63) is 60.0 Å². The van der Waals surface area contributed by atoms with Gasteiger partial charge in [0.25, 0.3) is 0 Å². The van der Waals surface area contributed by atoms with Gasteiger partial charge in [0, 0.05) is 11.8 Å². The summed E-state index contributed by atoms with van der Waals surface area (Å²) in [5.41, 5.74) is 2.83. The minimum Gasteiger partial charge on any atom is -0.497 e. The van der Waals surface area contributed by atoms with E-state index in [9.17, 15) is 0 Å². The van der Waals surface area contributed by atoms with Crippen molar-refractivity contribution in [3.8, 4) is 17.6 Å². The molecule has 3 rings (SSSR count). The number of benzene rings is 1. The summed E-state index contributed by atoms with van der Waals surface area (Å²) in [5.74, 6) is 6.81. The van der Waals surface area contributed by atoms with Gasteiger partial charge in [-0.15, -0.1) is 0 Å². The van der Waals surface area contributed by atoms with E-state index in [0.717, 1.165) is 16.8 Å². The molecule has 0 bridgehead atoms. The first kappa shape index (κ1) is 12.1. The number of methoxy groups -OCH3 is 1. The molecule has 0 amide bonds. The number of rotatable bonds is 1. The van der Waals surface area contributed by atoms with Crippen LogP contribution in [0.3, 0.4) is 0 Å². The third kappa shape index (κ3) is 2.57. The molecule has 20 heavy (non-hydrogen) atoms. The second-order valence-corrected chi connectivity index (χ2v) is 4.08. The third-order valence-electron chi connectivity index (χ3n) is 2.72. The van der Waals surface area contributed by atoms with E-state index in [1.807, 2.05) is 36.4 Å². The van der Waals surface area contributed by atoms with Crippen molar-refractivity contribution in [2.45, 2.75) is 0 Å². The van der Waals surface area contributed by atoms with Gasteiger partial charge >= 0.3 is 0 Å². The maximum atomic E-state index is 5.16. The minimum atomic E-state index is 0.596. The monoisotopic (exact) mass is 261 g/mol. The topological polar surface area (TPSA) is 47.9 Å². The lowest BCUT2D eigenvalue weighted by Crippen LogP contribution is -1.90. The summed E-state index contributed by atoms with van der Waals surface area (Å²) in [6.07, 6.45) is 3.34. The Labute approximate surface area is 116 Å². The van der Waals surface area contributed by atoms with Gasteiger partial charge in [0.05, 0.1) is 13.3 Å². The molecule has 0 fully saturated rings. The molecule has 3 aromatic rings. The summed E-state index contributed by atoms with van der Waals surface area (Å²) in [5, 5.41) is 0. The van der Waals surface area contributed by atoms with Crippen LogP contribution in [-0.4, -0.2) is 22.1 Å². The van der Waals surface area contributed by atoms with Gasteiger partial charge in [0.15, 0.2) is 5.65 Å². The normalized spacial score (nSPS) is 9.85. The summed E-state index contributed by atoms with van der Waals surface area (Å²) < 4.78 is 5.16. The van der Waals surface area contributed by atoms with Gasteiger partial charge in [0.1, 0.15) is 17.0 Å². The van der Waals surface area contributed by atoms with Crippen LogP contribution in [0.5, 0.6) is 5.75 Å². The number of aromatic nitrogens is 3. The highest BCUT2D eigenvalue weighted by atomic mass is 16.5. The van der Waals surface area contributed by atoms with Crippen molar-refractivity contribution in [1.29, 1.82) is 0 Å². The standard InChI is InChI=1S/C16H11N3O/c1-20-14-5-2-4-12(10-14)7-8-13-11-18-15-6-3-9-17-16(15)19-13/h2-6,9-11H,1H3. The van der Waals surface area contributed by atoms with E-state index in [1.165, 1.54) is 0 Å². The van der Waals surface area contributed by atoms with Gasteiger partial charge in [-0.25, -0.2) is 15.0 Å². The molecule has 0 aliphatic heterocycles. The average molecular weight is 261 g/mol. The molecule has 2 aromatic heterocycles. The van der Waals surface area contributed by atoms with Crippen molar-refractivity contribution in [2.75, 3.05) is 7.11 Å². The van der Waals surface area contributed by atoms with E-state index in [2.05, 4.69) is 26.8 Å².